The zero-order valence-electron chi connectivity index (χ0n) is 18.3. The summed E-state index contributed by atoms with van der Waals surface area (Å²) in [6.45, 7) is 5.56. The molecular weight excluding hydrogens is 507 g/mol. The summed E-state index contributed by atoms with van der Waals surface area (Å²) in [5.74, 6) is -0.0921. The van der Waals surface area contributed by atoms with Gasteiger partial charge in [-0.3, -0.25) is 0 Å². The lowest BCUT2D eigenvalue weighted by Crippen LogP contribution is -2.33. The molecule has 4 aromatic rings. The number of amides is 1. The van der Waals surface area contributed by atoms with E-state index in [0.29, 0.717) is 36.5 Å². The summed E-state index contributed by atoms with van der Waals surface area (Å²) < 4.78 is 22.8. The molecule has 170 valence electrons. The molecule has 4 rings (SSSR count). The van der Waals surface area contributed by atoms with E-state index >= 15 is 0 Å². The summed E-state index contributed by atoms with van der Waals surface area (Å²) in [5, 5.41) is 0.902. The van der Waals surface area contributed by atoms with E-state index < -0.39 is 11.9 Å². The van der Waals surface area contributed by atoms with Crippen LogP contribution in [-0.4, -0.2) is 28.6 Å². The molecule has 0 saturated carbocycles. The molecule has 1 amide bonds. The number of nitrogens with zero attached hydrogens (tertiary/aromatic N) is 2. The molecule has 0 spiro atoms. The van der Waals surface area contributed by atoms with Gasteiger partial charge in [0, 0.05) is 46.8 Å². The molecule has 33 heavy (non-hydrogen) atoms. The number of benzene rings is 3. The van der Waals surface area contributed by atoms with E-state index in [2.05, 4.69) is 32.6 Å². The molecule has 4 nitrogen and oxygen atoms in total. The van der Waals surface area contributed by atoms with Crippen LogP contribution in [-0.2, 0) is 6.54 Å². The van der Waals surface area contributed by atoms with Crippen molar-refractivity contribution >= 4 is 44.5 Å². The van der Waals surface area contributed by atoms with Gasteiger partial charge < -0.3 is 14.2 Å². The van der Waals surface area contributed by atoms with E-state index in [1.807, 2.05) is 44.3 Å². The molecule has 1 aromatic heterocycles. The van der Waals surface area contributed by atoms with Gasteiger partial charge in [-0.05, 0) is 67.4 Å². The fourth-order valence-corrected chi connectivity index (χ4v) is 4.30. The summed E-state index contributed by atoms with van der Waals surface area (Å²) in [6, 6.07) is 18.4. The first kappa shape index (κ1) is 23.3. The maximum atomic E-state index is 13.9. The Labute approximate surface area is 205 Å². The minimum absolute atomic E-state index is 0.0137. The van der Waals surface area contributed by atoms with Gasteiger partial charge in [0.1, 0.15) is 11.6 Å². The normalized spacial score (nSPS) is 11.1. The van der Waals surface area contributed by atoms with Crippen molar-refractivity contribution in [3.63, 3.8) is 0 Å². The lowest BCUT2D eigenvalue weighted by atomic mass is 10.0. The second-order valence-electron chi connectivity index (χ2n) is 7.61. The third-order valence-corrected chi connectivity index (χ3v) is 6.43. The van der Waals surface area contributed by atoms with Gasteiger partial charge in [0.2, 0.25) is 0 Å². The Morgan fingerprint density at radius 2 is 1.79 bits per heavy atom. The van der Waals surface area contributed by atoms with Crippen molar-refractivity contribution < 1.29 is 13.9 Å². The van der Waals surface area contributed by atoms with Gasteiger partial charge in [0.05, 0.1) is 5.02 Å². The van der Waals surface area contributed by atoms with Crippen molar-refractivity contribution in [2.24, 2.45) is 0 Å². The molecule has 1 heterocycles. The predicted octanol–water partition coefficient (Wildman–Crippen LogP) is 7.75. The summed E-state index contributed by atoms with van der Waals surface area (Å²) in [7, 11) is 0. The number of rotatable bonds is 6. The summed E-state index contributed by atoms with van der Waals surface area (Å²) in [6.07, 6.45) is 1.57. The van der Waals surface area contributed by atoms with E-state index in [1.54, 1.807) is 23.1 Å². The van der Waals surface area contributed by atoms with Crippen LogP contribution in [0.2, 0.25) is 5.02 Å². The minimum atomic E-state index is -0.498. The number of aromatic nitrogens is 1. The Kier molecular flexibility index (Phi) is 7.05. The monoisotopic (exact) mass is 528 g/mol. The highest BCUT2D eigenvalue weighted by Crippen LogP contribution is 2.39. The lowest BCUT2D eigenvalue weighted by molar-refractivity contribution is 0.157. The standard InChI is InChI=1S/C26H23BrClFN2O2/c1-3-30(4-2)26(32)33-24-12-11-23-20(25(24)18-7-10-22(29)21(28)15-18)13-14-31(23)16-17-5-8-19(27)9-6-17/h5-15H,3-4,16H2,1-2H3. The highest BCUT2D eigenvalue weighted by Gasteiger charge is 2.19. The number of ether oxygens (including phenoxy) is 1. The first-order chi connectivity index (χ1) is 15.9. The van der Waals surface area contributed by atoms with E-state index in [-0.39, 0.29) is 5.02 Å². The molecule has 0 aliphatic heterocycles. The Bertz CT molecular complexity index is 1300. The molecule has 0 atom stereocenters. The highest BCUT2D eigenvalue weighted by molar-refractivity contribution is 9.10. The zero-order valence-corrected chi connectivity index (χ0v) is 20.7. The van der Waals surface area contributed by atoms with Crippen LogP contribution in [0.3, 0.4) is 0 Å². The fourth-order valence-electron chi connectivity index (χ4n) is 3.85. The molecule has 0 N–H and O–H groups in total. The molecule has 0 bridgehead atoms. The Morgan fingerprint density at radius 3 is 2.45 bits per heavy atom. The van der Waals surface area contributed by atoms with E-state index in [4.69, 9.17) is 16.3 Å². The smallest absolute Gasteiger partial charge is 0.410 e. The molecule has 0 aliphatic carbocycles. The van der Waals surface area contributed by atoms with E-state index in [0.717, 1.165) is 20.9 Å². The van der Waals surface area contributed by atoms with E-state index in [1.165, 1.54) is 6.07 Å². The van der Waals surface area contributed by atoms with Crippen molar-refractivity contribution in [3.05, 3.63) is 87.7 Å². The topological polar surface area (TPSA) is 34.5 Å². The number of halogens is 3. The molecular formula is C26H23BrClFN2O2. The predicted molar refractivity (Wildman–Crippen MR) is 135 cm³/mol. The minimum Gasteiger partial charge on any atom is -0.410 e. The highest BCUT2D eigenvalue weighted by atomic mass is 79.9. The van der Waals surface area contributed by atoms with Crippen LogP contribution < -0.4 is 4.74 Å². The van der Waals surface area contributed by atoms with Gasteiger partial charge in [-0.25, -0.2) is 9.18 Å². The molecule has 0 aliphatic rings. The fraction of sp³-hybridized carbons (Fsp3) is 0.192. The Morgan fingerprint density at radius 1 is 1.06 bits per heavy atom. The quantitative estimate of drug-likeness (QED) is 0.256. The second-order valence-corrected chi connectivity index (χ2v) is 8.93. The molecule has 0 fully saturated rings. The van der Waals surface area contributed by atoms with Crippen LogP contribution in [0.25, 0.3) is 22.0 Å². The Balaban J connectivity index is 1.82. The van der Waals surface area contributed by atoms with Crippen molar-refractivity contribution in [2.75, 3.05) is 13.1 Å². The van der Waals surface area contributed by atoms with Gasteiger partial charge in [-0.2, -0.15) is 0 Å². The maximum Gasteiger partial charge on any atom is 0.415 e. The van der Waals surface area contributed by atoms with Gasteiger partial charge in [-0.1, -0.05) is 45.7 Å². The third kappa shape index (κ3) is 4.92. The number of fused-ring (bicyclic) bond motifs is 1. The van der Waals surface area contributed by atoms with Crippen LogP contribution in [0.1, 0.15) is 19.4 Å². The SMILES string of the molecule is CCN(CC)C(=O)Oc1ccc2c(ccn2Cc2ccc(Br)cc2)c1-c1ccc(F)c(Cl)c1. The number of carbonyl (C=O) groups is 1. The average molecular weight is 530 g/mol. The van der Waals surface area contributed by atoms with Gasteiger partial charge in [-0.15, -0.1) is 0 Å². The first-order valence-electron chi connectivity index (χ1n) is 10.7. The van der Waals surface area contributed by atoms with Crippen LogP contribution >= 0.6 is 27.5 Å². The molecule has 0 unspecified atom stereocenters. The number of hydrogen-bond donors (Lipinski definition) is 0. The number of hydrogen-bond acceptors (Lipinski definition) is 2. The van der Waals surface area contributed by atoms with Crippen LogP contribution in [0.5, 0.6) is 5.75 Å². The summed E-state index contributed by atoms with van der Waals surface area (Å²) in [4.78, 5) is 14.3. The van der Waals surface area contributed by atoms with Crippen molar-refractivity contribution in [3.8, 4) is 16.9 Å². The van der Waals surface area contributed by atoms with E-state index in [9.17, 15) is 9.18 Å². The van der Waals surface area contributed by atoms with Crippen molar-refractivity contribution in [1.82, 2.24) is 9.47 Å². The largest absolute Gasteiger partial charge is 0.415 e. The van der Waals surface area contributed by atoms with Crippen LogP contribution in [0, 0.1) is 5.82 Å². The molecule has 7 heteroatoms. The van der Waals surface area contributed by atoms with Crippen LogP contribution in [0.4, 0.5) is 9.18 Å². The molecule has 0 radical (unpaired) electrons. The molecule has 3 aromatic carbocycles. The van der Waals surface area contributed by atoms with Crippen molar-refractivity contribution in [1.29, 1.82) is 0 Å². The van der Waals surface area contributed by atoms with Gasteiger partial charge in [0.15, 0.2) is 0 Å². The zero-order chi connectivity index (χ0) is 23.5. The van der Waals surface area contributed by atoms with Gasteiger partial charge in [0.25, 0.3) is 0 Å². The lowest BCUT2D eigenvalue weighted by Gasteiger charge is -2.20. The summed E-state index contributed by atoms with van der Waals surface area (Å²) in [5.41, 5.74) is 3.50. The second kappa shape index (κ2) is 9.98. The average Bonchev–Trinajstić information content (AvgIpc) is 3.20. The molecule has 0 saturated heterocycles. The van der Waals surface area contributed by atoms with Gasteiger partial charge >= 0.3 is 6.09 Å². The Hall–Kier alpha value is -2.83. The number of carbonyl (C=O) groups excluding carboxylic acids is 1. The van der Waals surface area contributed by atoms with Crippen molar-refractivity contribution in [2.45, 2.75) is 20.4 Å². The van der Waals surface area contributed by atoms with Crippen LogP contribution in [0.15, 0.2) is 71.3 Å². The summed E-state index contributed by atoms with van der Waals surface area (Å²) >= 11 is 9.56. The first-order valence-corrected chi connectivity index (χ1v) is 11.9. The maximum absolute atomic E-state index is 13.9. The third-order valence-electron chi connectivity index (χ3n) is 5.61.